The van der Waals surface area contributed by atoms with E-state index in [4.69, 9.17) is 4.98 Å². The minimum atomic E-state index is -3.48. The van der Waals surface area contributed by atoms with E-state index in [-0.39, 0.29) is 4.90 Å². The molecule has 10 heteroatoms. The maximum absolute atomic E-state index is 12.4. The number of anilines is 2. The minimum absolute atomic E-state index is 0.253. The first-order valence-corrected chi connectivity index (χ1v) is 12.9. The Kier molecular flexibility index (Phi) is 5.86. The van der Waals surface area contributed by atoms with Crippen molar-refractivity contribution in [2.24, 2.45) is 7.05 Å². The molecular weight excluding hydrogens is 450 g/mol. The summed E-state index contributed by atoms with van der Waals surface area (Å²) in [5, 5.41) is 12.4. The highest BCUT2D eigenvalue weighted by Gasteiger charge is 2.22. The van der Waals surface area contributed by atoms with Gasteiger partial charge in [-0.3, -0.25) is 4.68 Å². The van der Waals surface area contributed by atoms with Crippen LogP contribution in [-0.4, -0.2) is 51.2 Å². The Hall–Kier alpha value is -3.24. The topological polar surface area (TPSA) is 97.4 Å². The Morgan fingerprint density at radius 2 is 1.76 bits per heavy atom. The predicted molar refractivity (Wildman–Crippen MR) is 132 cm³/mol. The summed E-state index contributed by atoms with van der Waals surface area (Å²) in [6.07, 6.45) is 11.6. The lowest BCUT2D eigenvalue weighted by Gasteiger charge is -2.22. The molecule has 0 amide bonds. The van der Waals surface area contributed by atoms with E-state index in [1.54, 1.807) is 33.5 Å². The Labute approximate surface area is 199 Å². The number of aromatic nitrogens is 5. The molecule has 0 saturated heterocycles. The summed E-state index contributed by atoms with van der Waals surface area (Å²) >= 11 is 0. The van der Waals surface area contributed by atoms with Gasteiger partial charge in [0, 0.05) is 61.8 Å². The third-order valence-electron chi connectivity index (χ3n) is 6.44. The fraction of sp³-hybridized carbons (Fsp3) is 0.375. The van der Waals surface area contributed by atoms with Crippen molar-refractivity contribution >= 4 is 27.2 Å². The second-order valence-corrected chi connectivity index (χ2v) is 11.2. The van der Waals surface area contributed by atoms with Gasteiger partial charge in [-0.15, -0.1) is 0 Å². The molecule has 9 nitrogen and oxygen atoms in total. The second-order valence-electron chi connectivity index (χ2n) is 9.03. The van der Waals surface area contributed by atoms with Crippen LogP contribution >= 0.6 is 0 Å². The summed E-state index contributed by atoms with van der Waals surface area (Å²) in [4.78, 5) is 5.30. The summed E-state index contributed by atoms with van der Waals surface area (Å²) in [5.74, 6) is 1.22. The molecule has 0 atom stereocenters. The first kappa shape index (κ1) is 22.5. The van der Waals surface area contributed by atoms with Crippen molar-refractivity contribution in [1.82, 2.24) is 28.7 Å². The molecule has 3 heterocycles. The Balaban J connectivity index is 1.56. The molecule has 0 radical (unpaired) electrons. The van der Waals surface area contributed by atoms with E-state index in [2.05, 4.69) is 21.6 Å². The van der Waals surface area contributed by atoms with Gasteiger partial charge in [0.1, 0.15) is 5.82 Å². The van der Waals surface area contributed by atoms with Crippen LogP contribution in [0.25, 0.3) is 16.8 Å². The van der Waals surface area contributed by atoms with Crippen LogP contribution < -0.4 is 5.32 Å². The number of fused-ring (bicyclic) bond motifs is 1. The first-order valence-electron chi connectivity index (χ1n) is 11.5. The normalized spacial score (nSPS) is 15.3. The molecule has 5 rings (SSSR count). The van der Waals surface area contributed by atoms with Crippen molar-refractivity contribution in [2.45, 2.75) is 42.9 Å². The number of nitrogens with one attached hydrogen (secondary N) is 1. The Morgan fingerprint density at radius 3 is 2.41 bits per heavy atom. The van der Waals surface area contributed by atoms with E-state index in [0.717, 1.165) is 46.8 Å². The van der Waals surface area contributed by atoms with Crippen LogP contribution in [0.1, 0.15) is 43.7 Å². The zero-order chi connectivity index (χ0) is 23.9. The SMILES string of the molecule is CN(C)S(=O)(=O)c1ccc(Nc2cc(C3CCCCC3)nc3c(-c4cnn(C)c4)cnn23)cc1. The maximum atomic E-state index is 12.4. The molecule has 1 saturated carbocycles. The highest BCUT2D eigenvalue weighted by atomic mass is 32.2. The van der Waals surface area contributed by atoms with Crippen molar-refractivity contribution in [2.75, 3.05) is 19.4 Å². The molecule has 0 aliphatic heterocycles. The Bertz CT molecular complexity index is 1420. The molecule has 4 aromatic rings. The first-order chi connectivity index (χ1) is 16.3. The third kappa shape index (κ3) is 4.19. The van der Waals surface area contributed by atoms with E-state index in [1.807, 2.05) is 25.6 Å². The molecule has 0 unspecified atom stereocenters. The van der Waals surface area contributed by atoms with Crippen LogP contribution in [0.2, 0.25) is 0 Å². The molecule has 1 aliphatic rings. The number of aryl methyl sites for hydroxylation is 1. The van der Waals surface area contributed by atoms with Gasteiger partial charge >= 0.3 is 0 Å². The lowest BCUT2D eigenvalue weighted by atomic mass is 9.87. The van der Waals surface area contributed by atoms with Crippen molar-refractivity contribution < 1.29 is 8.42 Å². The number of sulfonamides is 1. The smallest absolute Gasteiger partial charge is 0.242 e. The minimum Gasteiger partial charge on any atom is -0.340 e. The summed E-state index contributed by atoms with van der Waals surface area (Å²) in [6.45, 7) is 0. The van der Waals surface area contributed by atoms with Crippen molar-refractivity contribution in [3.05, 3.63) is 54.6 Å². The highest BCUT2D eigenvalue weighted by Crippen LogP contribution is 2.35. The fourth-order valence-corrected chi connectivity index (χ4v) is 5.41. The van der Waals surface area contributed by atoms with Crippen LogP contribution in [-0.2, 0) is 17.1 Å². The van der Waals surface area contributed by atoms with Gasteiger partial charge in [0.25, 0.3) is 0 Å². The third-order valence-corrected chi connectivity index (χ3v) is 8.27. The number of rotatable bonds is 6. The molecule has 34 heavy (non-hydrogen) atoms. The molecule has 0 bridgehead atoms. The lowest BCUT2D eigenvalue weighted by molar-refractivity contribution is 0.437. The van der Waals surface area contributed by atoms with Crippen molar-refractivity contribution in [3.63, 3.8) is 0 Å². The van der Waals surface area contributed by atoms with Gasteiger partial charge in [-0.25, -0.2) is 17.7 Å². The van der Waals surface area contributed by atoms with Gasteiger partial charge in [-0.05, 0) is 37.1 Å². The molecular formula is C24H29N7O2S. The van der Waals surface area contributed by atoms with Gasteiger partial charge in [0.2, 0.25) is 10.0 Å². The van der Waals surface area contributed by atoms with Gasteiger partial charge in [0.05, 0.1) is 17.3 Å². The van der Waals surface area contributed by atoms with Gasteiger partial charge in [-0.1, -0.05) is 19.3 Å². The van der Waals surface area contributed by atoms with E-state index in [9.17, 15) is 8.42 Å². The average molecular weight is 480 g/mol. The van der Waals surface area contributed by atoms with Gasteiger partial charge in [-0.2, -0.15) is 14.7 Å². The van der Waals surface area contributed by atoms with Crippen LogP contribution in [0.15, 0.2) is 53.8 Å². The Morgan fingerprint density at radius 1 is 1.03 bits per heavy atom. The van der Waals surface area contributed by atoms with Gasteiger partial charge in [0.15, 0.2) is 5.65 Å². The van der Waals surface area contributed by atoms with E-state index in [1.165, 1.54) is 37.7 Å². The lowest BCUT2D eigenvalue weighted by Crippen LogP contribution is -2.22. The standard InChI is InChI=1S/C24H29N7O2S/c1-29(2)34(32,33)20-11-9-19(10-12-20)27-23-13-22(17-7-5-4-6-8-17)28-24-21(15-26-31(23)24)18-14-25-30(3)16-18/h9-17,27H,4-8H2,1-3H3. The summed E-state index contributed by atoms with van der Waals surface area (Å²) in [6, 6.07) is 8.85. The number of hydrogen-bond acceptors (Lipinski definition) is 6. The molecule has 178 valence electrons. The van der Waals surface area contributed by atoms with E-state index in [0.29, 0.717) is 5.92 Å². The number of nitrogens with zero attached hydrogens (tertiary/aromatic N) is 6. The summed E-state index contributed by atoms with van der Waals surface area (Å²) < 4.78 is 29.6. The average Bonchev–Trinajstić information content (AvgIpc) is 3.46. The summed E-state index contributed by atoms with van der Waals surface area (Å²) in [5.41, 5.74) is 4.52. The van der Waals surface area contributed by atoms with E-state index >= 15 is 0 Å². The largest absolute Gasteiger partial charge is 0.340 e. The van der Waals surface area contributed by atoms with Crippen molar-refractivity contribution in [3.8, 4) is 11.1 Å². The van der Waals surface area contributed by atoms with Crippen LogP contribution in [0.5, 0.6) is 0 Å². The number of hydrogen-bond donors (Lipinski definition) is 1. The molecule has 1 aromatic carbocycles. The van der Waals surface area contributed by atoms with Crippen LogP contribution in [0.3, 0.4) is 0 Å². The molecule has 0 spiro atoms. The fourth-order valence-electron chi connectivity index (χ4n) is 4.51. The monoisotopic (exact) mass is 479 g/mol. The predicted octanol–water partition coefficient (Wildman–Crippen LogP) is 4.17. The highest BCUT2D eigenvalue weighted by molar-refractivity contribution is 7.89. The summed E-state index contributed by atoms with van der Waals surface area (Å²) in [7, 11) is 1.47. The zero-order valence-corrected chi connectivity index (χ0v) is 20.5. The molecule has 1 N–H and O–H groups in total. The van der Waals surface area contributed by atoms with Crippen LogP contribution in [0.4, 0.5) is 11.5 Å². The maximum Gasteiger partial charge on any atom is 0.242 e. The zero-order valence-electron chi connectivity index (χ0n) is 19.6. The molecule has 3 aromatic heterocycles. The van der Waals surface area contributed by atoms with E-state index < -0.39 is 10.0 Å². The quantitative estimate of drug-likeness (QED) is 0.446. The second kappa shape index (κ2) is 8.84. The van der Waals surface area contributed by atoms with Crippen LogP contribution in [0, 0.1) is 0 Å². The molecule has 1 aliphatic carbocycles. The van der Waals surface area contributed by atoms with Gasteiger partial charge < -0.3 is 5.32 Å². The molecule has 1 fully saturated rings. The number of benzene rings is 1. The van der Waals surface area contributed by atoms with Crippen molar-refractivity contribution in [1.29, 1.82) is 0 Å².